The number of halogens is 1. The van der Waals surface area contributed by atoms with Crippen LogP contribution in [0.25, 0.3) is 0 Å². The SMILES string of the molecule is CC(CNc1nc(Cl)ncc1N)N(C)C1CC1. The van der Waals surface area contributed by atoms with Crippen molar-refractivity contribution in [2.75, 3.05) is 24.6 Å². The second-order valence-electron chi connectivity index (χ2n) is 4.57. The molecular weight excluding hydrogens is 238 g/mol. The van der Waals surface area contributed by atoms with Gasteiger partial charge in [0.1, 0.15) is 0 Å². The quantitative estimate of drug-likeness (QED) is 0.783. The normalized spacial score (nSPS) is 17.2. The van der Waals surface area contributed by atoms with E-state index in [1.54, 1.807) is 0 Å². The van der Waals surface area contributed by atoms with E-state index in [9.17, 15) is 0 Å². The fourth-order valence-electron chi connectivity index (χ4n) is 1.74. The van der Waals surface area contributed by atoms with Gasteiger partial charge in [0.25, 0.3) is 0 Å². The van der Waals surface area contributed by atoms with Gasteiger partial charge in [0.15, 0.2) is 5.82 Å². The molecule has 1 aromatic heterocycles. The Labute approximate surface area is 106 Å². The molecule has 1 aliphatic carbocycles. The van der Waals surface area contributed by atoms with Crippen molar-refractivity contribution in [3.05, 3.63) is 11.5 Å². The molecule has 0 saturated heterocycles. The maximum Gasteiger partial charge on any atom is 0.224 e. The van der Waals surface area contributed by atoms with Gasteiger partial charge in [0.2, 0.25) is 5.28 Å². The summed E-state index contributed by atoms with van der Waals surface area (Å²) >= 11 is 5.73. The molecule has 0 amide bonds. The summed E-state index contributed by atoms with van der Waals surface area (Å²) in [6.07, 6.45) is 4.14. The van der Waals surface area contributed by atoms with Crippen LogP contribution < -0.4 is 11.1 Å². The van der Waals surface area contributed by atoms with Gasteiger partial charge in [-0.1, -0.05) is 0 Å². The van der Waals surface area contributed by atoms with Crippen molar-refractivity contribution in [3.63, 3.8) is 0 Å². The minimum absolute atomic E-state index is 0.213. The van der Waals surface area contributed by atoms with Gasteiger partial charge in [-0.3, -0.25) is 4.90 Å². The number of rotatable bonds is 5. The summed E-state index contributed by atoms with van der Waals surface area (Å²) in [6, 6.07) is 1.19. The van der Waals surface area contributed by atoms with E-state index in [1.807, 2.05) is 0 Å². The molecule has 5 nitrogen and oxygen atoms in total. The van der Waals surface area contributed by atoms with E-state index in [0.717, 1.165) is 12.6 Å². The van der Waals surface area contributed by atoms with Gasteiger partial charge in [-0.2, -0.15) is 4.98 Å². The predicted octanol–water partition coefficient (Wildman–Crippen LogP) is 1.61. The molecule has 0 bridgehead atoms. The fraction of sp³-hybridized carbons (Fsp3) is 0.636. The number of hydrogen-bond acceptors (Lipinski definition) is 5. The zero-order valence-electron chi connectivity index (χ0n) is 10.2. The monoisotopic (exact) mass is 255 g/mol. The molecular formula is C11H18ClN5. The molecule has 0 radical (unpaired) electrons. The van der Waals surface area contributed by atoms with E-state index in [0.29, 0.717) is 17.5 Å². The Hall–Kier alpha value is -1.07. The first-order valence-corrected chi connectivity index (χ1v) is 6.19. The topological polar surface area (TPSA) is 67.1 Å². The zero-order valence-corrected chi connectivity index (χ0v) is 10.9. The van der Waals surface area contributed by atoms with Crippen molar-refractivity contribution >= 4 is 23.1 Å². The van der Waals surface area contributed by atoms with E-state index >= 15 is 0 Å². The minimum atomic E-state index is 0.213. The smallest absolute Gasteiger partial charge is 0.224 e. The maximum atomic E-state index is 5.76. The average Bonchev–Trinajstić information content (AvgIpc) is 3.13. The molecule has 1 fully saturated rings. The van der Waals surface area contributed by atoms with Crippen LogP contribution >= 0.6 is 11.6 Å². The van der Waals surface area contributed by atoms with Crippen molar-refractivity contribution in [2.24, 2.45) is 0 Å². The first kappa shape index (κ1) is 12.4. The number of nitrogens with zero attached hydrogens (tertiary/aromatic N) is 3. The average molecular weight is 256 g/mol. The highest BCUT2D eigenvalue weighted by molar-refractivity contribution is 6.28. The number of nitrogen functional groups attached to an aromatic ring is 1. The Kier molecular flexibility index (Phi) is 3.69. The Balaban J connectivity index is 1.90. The highest BCUT2D eigenvalue weighted by atomic mass is 35.5. The molecule has 3 N–H and O–H groups in total. The third-order valence-electron chi connectivity index (χ3n) is 3.17. The van der Waals surface area contributed by atoms with Gasteiger partial charge in [0, 0.05) is 18.6 Å². The molecule has 0 spiro atoms. The lowest BCUT2D eigenvalue weighted by molar-refractivity contribution is 0.257. The van der Waals surface area contributed by atoms with Gasteiger partial charge in [-0.25, -0.2) is 4.98 Å². The standard InChI is InChI=1S/C11H18ClN5/c1-7(17(2)8-3-4-8)5-14-10-9(13)6-15-11(12)16-10/h6-8H,3-5,13H2,1-2H3,(H,14,15,16). The first-order valence-electron chi connectivity index (χ1n) is 5.81. The van der Waals surface area contributed by atoms with Crippen LogP contribution in [0.5, 0.6) is 0 Å². The summed E-state index contributed by atoms with van der Waals surface area (Å²) in [5.74, 6) is 0.612. The second-order valence-corrected chi connectivity index (χ2v) is 4.91. The van der Waals surface area contributed by atoms with Crippen LogP contribution in [0.15, 0.2) is 6.20 Å². The molecule has 0 aliphatic heterocycles. The number of nitrogens with two attached hydrogens (primary N) is 1. The molecule has 2 rings (SSSR count). The molecule has 1 unspecified atom stereocenters. The van der Waals surface area contributed by atoms with E-state index in [4.69, 9.17) is 17.3 Å². The van der Waals surface area contributed by atoms with Crippen LogP contribution in [0, 0.1) is 0 Å². The molecule has 1 saturated carbocycles. The highest BCUT2D eigenvalue weighted by Gasteiger charge is 2.28. The number of nitrogens with one attached hydrogen (secondary N) is 1. The lowest BCUT2D eigenvalue weighted by atomic mass is 10.3. The third-order valence-corrected chi connectivity index (χ3v) is 3.35. The summed E-state index contributed by atoms with van der Waals surface area (Å²) < 4.78 is 0. The summed E-state index contributed by atoms with van der Waals surface area (Å²) in [5.41, 5.74) is 6.29. The zero-order chi connectivity index (χ0) is 12.4. The van der Waals surface area contributed by atoms with E-state index < -0.39 is 0 Å². The van der Waals surface area contributed by atoms with Crippen LogP contribution in [0.1, 0.15) is 19.8 Å². The Morgan fingerprint density at radius 3 is 3.00 bits per heavy atom. The van der Waals surface area contributed by atoms with Gasteiger partial charge < -0.3 is 11.1 Å². The van der Waals surface area contributed by atoms with Gasteiger partial charge in [0.05, 0.1) is 11.9 Å². The summed E-state index contributed by atoms with van der Waals surface area (Å²) in [6.45, 7) is 2.98. The molecule has 1 aromatic rings. The largest absolute Gasteiger partial charge is 0.394 e. The van der Waals surface area contributed by atoms with Crippen LogP contribution in [0.3, 0.4) is 0 Å². The Morgan fingerprint density at radius 1 is 1.65 bits per heavy atom. The van der Waals surface area contributed by atoms with Crippen molar-refractivity contribution in [1.29, 1.82) is 0 Å². The van der Waals surface area contributed by atoms with E-state index in [1.165, 1.54) is 19.0 Å². The summed E-state index contributed by atoms with van der Waals surface area (Å²) in [7, 11) is 2.15. The molecule has 6 heteroatoms. The predicted molar refractivity (Wildman–Crippen MR) is 70.2 cm³/mol. The second kappa shape index (κ2) is 5.06. The molecule has 0 aromatic carbocycles. The lowest BCUT2D eigenvalue weighted by Crippen LogP contribution is -2.36. The van der Waals surface area contributed by atoms with E-state index in [2.05, 4.69) is 34.2 Å². The Bertz CT molecular complexity index is 393. The van der Waals surface area contributed by atoms with Gasteiger partial charge in [-0.05, 0) is 38.4 Å². The fourth-order valence-corrected chi connectivity index (χ4v) is 1.87. The molecule has 1 atom stereocenters. The number of anilines is 2. The highest BCUT2D eigenvalue weighted by Crippen LogP contribution is 2.27. The molecule has 1 heterocycles. The third kappa shape index (κ3) is 3.20. The Morgan fingerprint density at radius 2 is 2.35 bits per heavy atom. The van der Waals surface area contributed by atoms with Gasteiger partial charge in [-0.15, -0.1) is 0 Å². The van der Waals surface area contributed by atoms with E-state index in [-0.39, 0.29) is 5.28 Å². The summed E-state index contributed by atoms with van der Waals surface area (Å²) in [4.78, 5) is 10.3. The number of likely N-dealkylation sites (N-methyl/N-ethyl adjacent to an activating group) is 1. The van der Waals surface area contributed by atoms with Crippen LogP contribution in [0.2, 0.25) is 5.28 Å². The molecule has 94 valence electrons. The van der Waals surface area contributed by atoms with Crippen molar-refractivity contribution < 1.29 is 0 Å². The lowest BCUT2D eigenvalue weighted by Gasteiger charge is -2.25. The van der Waals surface area contributed by atoms with Crippen LogP contribution in [-0.4, -0.2) is 40.5 Å². The number of aromatic nitrogens is 2. The van der Waals surface area contributed by atoms with Crippen LogP contribution in [-0.2, 0) is 0 Å². The summed E-state index contributed by atoms with van der Waals surface area (Å²) in [5, 5.41) is 3.43. The molecule has 17 heavy (non-hydrogen) atoms. The minimum Gasteiger partial charge on any atom is -0.394 e. The maximum absolute atomic E-state index is 5.76. The van der Waals surface area contributed by atoms with Crippen molar-refractivity contribution in [1.82, 2.24) is 14.9 Å². The molecule has 1 aliphatic rings. The first-order chi connectivity index (χ1) is 8.08. The van der Waals surface area contributed by atoms with Crippen molar-refractivity contribution in [3.8, 4) is 0 Å². The van der Waals surface area contributed by atoms with Crippen molar-refractivity contribution in [2.45, 2.75) is 31.8 Å². The van der Waals surface area contributed by atoms with Gasteiger partial charge >= 0.3 is 0 Å². The number of hydrogen-bond donors (Lipinski definition) is 2. The van der Waals surface area contributed by atoms with Crippen LogP contribution in [0.4, 0.5) is 11.5 Å².